The quantitative estimate of drug-likeness (QED) is 0.680. The zero-order valence-corrected chi connectivity index (χ0v) is 12.8. The number of halogens is 1. The van der Waals surface area contributed by atoms with E-state index >= 15 is 0 Å². The van der Waals surface area contributed by atoms with Crippen LogP contribution in [0.3, 0.4) is 0 Å². The summed E-state index contributed by atoms with van der Waals surface area (Å²) in [5, 5.41) is 2.66. The smallest absolute Gasteiger partial charge is 0.333 e. The third kappa shape index (κ3) is 3.66. The van der Waals surface area contributed by atoms with Crippen LogP contribution in [-0.4, -0.2) is 24.0 Å². The van der Waals surface area contributed by atoms with E-state index in [-0.39, 0.29) is 0 Å². The van der Waals surface area contributed by atoms with Crippen LogP contribution in [0.1, 0.15) is 22.0 Å². The minimum atomic E-state index is -0.865. The highest BCUT2D eigenvalue weighted by molar-refractivity contribution is 9.10. The lowest BCUT2D eigenvalue weighted by Crippen LogP contribution is -2.34. The van der Waals surface area contributed by atoms with Gasteiger partial charge in [-0.15, -0.1) is 0 Å². The fourth-order valence-electron chi connectivity index (χ4n) is 1.81. The SMILES string of the molecule is COC(=O)C(NC(=O)c1cccnc1Br)c1ccccc1. The molecule has 2 rings (SSSR count). The number of nitrogens with zero attached hydrogens (tertiary/aromatic N) is 1. The van der Waals surface area contributed by atoms with Crippen molar-refractivity contribution in [1.82, 2.24) is 10.3 Å². The zero-order chi connectivity index (χ0) is 15.2. The Kier molecular flexibility index (Phi) is 5.05. The average molecular weight is 349 g/mol. The van der Waals surface area contributed by atoms with Crippen LogP contribution in [0.15, 0.2) is 53.3 Å². The molecule has 0 bridgehead atoms. The maximum absolute atomic E-state index is 12.3. The van der Waals surface area contributed by atoms with Crippen LogP contribution < -0.4 is 5.32 Å². The summed E-state index contributed by atoms with van der Waals surface area (Å²) in [7, 11) is 1.28. The molecule has 5 nitrogen and oxygen atoms in total. The van der Waals surface area contributed by atoms with Crippen LogP contribution in [0, 0.1) is 0 Å². The molecule has 1 aromatic heterocycles. The van der Waals surface area contributed by atoms with Gasteiger partial charge in [-0.1, -0.05) is 30.3 Å². The van der Waals surface area contributed by atoms with Gasteiger partial charge in [0.05, 0.1) is 12.7 Å². The van der Waals surface area contributed by atoms with Crippen LogP contribution in [0.2, 0.25) is 0 Å². The number of nitrogens with one attached hydrogen (secondary N) is 1. The molecule has 1 amide bonds. The van der Waals surface area contributed by atoms with E-state index in [1.165, 1.54) is 7.11 Å². The number of ether oxygens (including phenoxy) is 1. The molecule has 1 N–H and O–H groups in total. The van der Waals surface area contributed by atoms with E-state index in [0.717, 1.165) is 0 Å². The Balaban J connectivity index is 2.26. The number of rotatable bonds is 4. The Bertz CT molecular complexity index is 646. The number of methoxy groups -OCH3 is 1. The number of aromatic nitrogens is 1. The van der Waals surface area contributed by atoms with Crippen molar-refractivity contribution < 1.29 is 14.3 Å². The van der Waals surface area contributed by atoms with Gasteiger partial charge in [0.2, 0.25) is 0 Å². The number of carbonyl (C=O) groups excluding carboxylic acids is 2. The largest absolute Gasteiger partial charge is 0.467 e. The molecule has 21 heavy (non-hydrogen) atoms. The molecule has 0 radical (unpaired) electrons. The predicted molar refractivity (Wildman–Crippen MR) is 80.6 cm³/mol. The molecule has 2 aromatic rings. The Morgan fingerprint density at radius 2 is 1.90 bits per heavy atom. The highest BCUT2D eigenvalue weighted by Gasteiger charge is 2.24. The lowest BCUT2D eigenvalue weighted by atomic mass is 10.1. The first-order chi connectivity index (χ1) is 10.1. The number of esters is 1. The number of pyridine rings is 1. The summed E-state index contributed by atoms with van der Waals surface area (Å²) in [5.41, 5.74) is 1.00. The van der Waals surface area contributed by atoms with Crippen LogP contribution in [0.5, 0.6) is 0 Å². The number of hydrogen-bond donors (Lipinski definition) is 1. The van der Waals surface area contributed by atoms with Gasteiger partial charge in [0, 0.05) is 6.20 Å². The molecule has 0 fully saturated rings. The molecule has 0 saturated carbocycles. The molecule has 0 aliphatic heterocycles. The number of benzene rings is 1. The van der Waals surface area contributed by atoms with E-state index in [1.807, 2.05) is 6.07 Å². The van der Waals surface area contributed by atoms with Crippen molar-refractivity contribution in [1.29, 1.82) is 0 Å². The summed E-state index contributed by atoms with van der Waals surface area (Å²) in [6.45, 7) is 0. The summed E-state index contributed by atoms with van der Waals surface area (Å²) in [6.07, 6.45) is 1.57. The summed E-state index contributed by atoms with van der Waals surface area (Å²) in [5.74, 6) is -0.941. The van der Waals surface area contributed by atoms with E-state index in [9.17, 15) is 9.59 Å². The van der Waals surface area contributed by atoms with Crippen LogP contribution in [0.4, 0.5) is 0 Å². The van der Waals surface area contributed by atoms with Crippen molar-refractivity contribution >= 4 is 27.8 Å². The maximum Gasteiger partial charge on any atom is 0.333 e. The van der Waals surface area contributed by atoms with Gasteiger partial charge < -0.3 is 10.1 Å². The molecule has 0 aliphatic rings. The summed E-state index contributed by atoms with van der Waals surface area (Å²) in [4.78, 5) is 28.2. The topological polar surface area (TPSA) is 68.3 Å². The van der Waals surface area contributed by atoms with Gasteiger partial charge in [0.25, 0.3) is 5.91 Å². The van der Waals surface area contributed by atoms with Crippen molar-refractivity contribution in [2.45, 2.75) is 6.04 Å². The first-order valence-electron chi connectivity index (χ1n) is 6.17. The first-order valence-corrected chi connectivity index (χ1v) is 6.97. The standard InChI is InChI=1S/C15H13BrN2O3/c1-21-15(20)12(10-6-3-2-4-7-10)18-14(19)11-8-5-9-17-13(11)16/h2-9,12H,1H3,(H,18,19). The summed E-state index contributed by atoms with van der Waals surface area (Å²) < 4.78 is 5.17. The molecule has 0 saturated heterocycles. The lowest BCUT2D eigenvalue weighted by molar-refractivity contribution is -0.143. The molecule has 6 heteroatoms. The van der Waals surface area contributed by atoms with E-state index in [2.05, 4.69) is 26.2 Å². The minimum Gasteiger partial charge on any atom is -0.467 e. The Hall–Kier alpha value is -2.21. The molecule has 108 valence electrons. The number of carbonyl (C=O) groups is 2. The molecular weight excluding hydrogens is 336 g/mol. The number of amides is 1. The molecule has 1 unspecified atom stereocenters. The lowest BCUT2D eigenvalue weighted by Gasteiger charge is -2.17. The van der Waals surface area contributed by atoms with Crippen LogP contribution in [-0.2, 0) is 9.53 Å². The monoisotopic (exact) mass is 348 g/mol. The minimum absolute atomic E-state index is 0.349. The summed E-state index contributed by atoms with van der Waals surface area (Å²) in [6, 6.07) is 11.3. The molecule has 1 atom stereocenters. The normalized spacial score (nSPS) is 11.5. The second kappa shape index (κ2) is 6.99. The van der Waals surface area contributed by atoms with Crippen LogP contribution >= 0.6 is 15.9 Å². The van der Waals surface area contributed by atoms with Crippen molar-refractivity contribution in [3.05, 3.63) is 64.4 Å². The average Bonchev–Trinajstić information content (AvgIpc) is 2.53. The van der Waals surface area contributed by atoms with Crippen molar-refractivity contribution in [2.24, 2.45) is 0 Å². The molecule has 1 heterocycles. The molecule has 0 spiro atoms. The summed E-state index contributed by atoms with van der Waals surface area (Å²) >= 11 is 3.21. The highest BCUT2D eigenvalue weighted by atomic mass is 79.9. The fraction of sp³-hybridized carbons (Fsp3) is 0.133. The first kappa shape index (κ1) is 15.2. The second-order valence-electron chi connectivity index (χ2n) is 4.18. The van der Waals surface area contributed by atoms with Gasteiger partial charge in [-0.25, -0.2) is 9.78 Å². The Labute approximate surface area is 130 Å². The number of hydrogen-bond acceptors (Lipinski definition) is 4. The fourth-order valence-corrected chi connectivity index (χ4v) is 2.24. The van der Waals surface area contributed by atoms with Gasteiger partial charge in [0.1, 0.15) is 4.60 Å². The van der Waals surface area contributed by atoms with Crippen molar-refractivity contribution in [2.75, 3.05) is 7.11 Å². The zero-order valence-electron chi connectivity index (χ0n) is 11.2. The second-order valence-corrected chi connectivity index (χ2v) is 4.93. The van der Waals surface area contributed by atoms with Gasteiger partial charge in [-0.05, 0) is 33.6 Å². The third-order valence-electron chi connectivity index (χ3n) is 2.85. The van der Waals surface area contributed by atoms with Gasteiger partial charge in [-0.2, -0.15) is 0 Å². The molecule has 0 aliphatic carbocycles. The third-order valence-corrected chi connectivity index (χ3v) is 3.48. The van der Waals surface area contributed by atoms with Gasteiger partial charge in [-0.3, -0.25) is 4.79 Å². The predicted octanol–water partition coefficient (Wildman–Crippen LogP) is 2.49. The van der Waals surface area contributed by atoms with Crippen molar-refractivity contribution in [3.8, 4) is 0 Å². The van der Waals surface area contributed by atoms with E-state index in [4.69, 9.17) is 4.74 Å². The molecular formula is C15H13BrN2O3. The van der Waals surface area contributed by atoms with Gasteiger partial charge in [0.15, 0.2) is 6.04 Å². The van der Waals surface area contributed by atoms with Crippen LogP contribution in [0.25, 0.3) is 0 Å². The van der Waals surface area contributed by atoms with E-state index in [1.54, 1.807) is 42.6 Å². The molecule has 1 aromatic carbocycles. The van der Waals surface area contributed by atoms with E-state index in [0.29, 0.717) is 15.7 Å². The van der Waals surface area contributed by atoms with Gasteiger partial charge >= 0.3 is 5.97 Å². The van der Waals surface area contributed by atoms with E-state index < -0.39 is 17.9 Å². The maximum atomic E-state index is 12.3. The highest BCUT2D eigenvalue weighted by Crippen LogP contribution is 2.17. The Morgan fingerprint density at radius 1 is 1.19 bits per heavy atom. The van der Waals surface area contributed by atoms with Crippen molar-refractivity contribution in [3.63, 3.8) is 0 Å². The Morgan fingerprint density at radius 3 is 2.52 bits per heavy atom.